The zero-order chi connectivity index (χ0) is 24.9. The van der Waals surface area contributed by atoms with E-state index in [0.717, 1.165) is 36.3 Å². The average molecular weight is 496 g/mol. The maximum absolute atomic E-state index is 13.3. The Hall–Kier alpha value is -2.99. The van der Waals surface area contributed by atoms with E-state index in [0.29, 0.717) is 35.5 Å². The highest BCUT2D eigenvalue weighted by atomic mass is 35.5. The number of likely N-dealkylation sites (tertiary alicyclic amines) is 2. The fourth-order valence-corrected chi connectivity index (χ4v) is 5.37. The lowest BCUT2D eigenvalue weighted by atomic mass is 9.91. The van der Waals surface area contributed by atoms with Crippen LogP contribution in [-0.2, 0) is 16.1 Å². The minimum absolute atomic E-state index is 0.179. The number of rotatable bonds is 6. The Morgan fingerprint density at radius 1 is 1.11 bits per heavy atom. The predicted molar refractivity (Wildman–Crippen MR) is 140 cm³/mol. The number of piperidine rings is 1. The highest BCUT2D eigenvalue weighted by Crippen LogP contribution is 2.33. The molecule has 2 fully saturated rings. The molecule has 0 radical (unpaired) electrons. The van der Waals surface area contributed by atoms with E-state index in [9.17, 15) is 9.59 Å². The summed E-state index contributed by atoms with van der Waals surface area (Å²) in [5.41, 5.74) is 3.22. The smallest absolute Gasteiger partial charge is 0.410 e. The summed E-state index contributed by atoms with van der Waals surface area (Å²) in [6.45, 7) is 11.4. The predicted octanol–water partition coefficient (Wildman–Crippen LogP) is 6.03. The summed E-state index contributed by atoms with van der Waals surface area (Å²) in [6.07, 6.45) is 2.07. The van der Waals surface area contributed by atoms with Gasteiger partial charge in [-0.15, -0.1) is 0 Å². The maximum atomic E-state index is 13.3. The summed E-state index contributed by atoms with van der Waals surface area (Å²) in [6, 6.07) is 14.4. The third-order valence-corrected chi connectivity index (χ3v) is 7.03. The van der Waals surface area contributed by atoms with Crippen molar-refractivity contribution in [1.82, 2.24) is 9.80 Å². The molecular weight excluding hydrogens is 462 g/mol. The summed E-state index contributed by atoms with van der Waals surface area (Å²) in [5.74, 6) is 0.916. The fraction of sp³-hybridized carbons (Fsp3) is 0.429. The third-order valence-electron chi connectivity index (χ3n) is 6.80. The van der Waals surface area contributed by atoms with Gasteiger partial charge >= 0.3 is 6.09 Å². The molecule has 3 atom stereocenters. The number of anilines is 1. The Bertz CT molecular complexity index is 1060. The molecule has 2 saturated heterocycles. The normalized spacial score (nSPS) is 22.1. The van der Waals surface area contributed by atoms with Crippen LogP contribution in [0.15, 0.2) is 55.1 Å². The topological polar surface area (TPSA) is 61.9 Å². The second-order valence-corrected chi connectivity index (χ2v) is 10.3. The number of ether oxygens (including phenoxy) is 1. The van der Waals surface area contributed by atoms with Gasteiger partial charge in [0.05, 0.1) is 5.69 Å². The molecule has 2 aromatic rings. The van der Waals surface area contributed by atoms with Gasteiger partial charge in [0.2, 0.25) is 5.91 Å². The number of carbonyl (C=O) groups is 2. The van der Waals surface area contributed by atoms with Gasteiger partial charge < -0.3 is 15.0 Å². The Balaban J connectivity index is 1.45. The zero-order valence-electron chi connectivity index (χ0n) is 20.5. The average Bonchev–Trinajstić information content (AvgIpc) is 3.33. The van der Waals surface area contributed by atoms with E-state index in [1.807, 2.05) is 42.5 Å². The molecule has 35 heavy (non-hydrogen) atoms. The Labute approximate surface area is 212 Å². The van der Waals surface area contributed by atoms with Crippen LogP contribution in [0.2, 0.25) is 5.02 Å². The SMILES string of the molecule is C=C(c1cc(Cl)ccc1NC(=O)[C@@H]1CCCN1C(=O)OCc1ccccc1)N1C[C@H](C)C[C@H](C)C1. The van der Waals surface area contributed by atoms with E-state index < -0.39 is 12.1 Å². The lowest BCUT2D eigenvalue weighted by Crippen LogP contribution is -2.43. The second kappa shape index (κ2) is 11.2. The van der Waals surface area contributed by atoms with Crippen molar-refractivity contribution in [3.63, 3.8) is 0 Å². The molecule has 2 heterocycles. The number of amides is 2. The van der Waals surface area contributed by atoms with Crippen molar-refractivity contribution in [3.8, 4) is 0 Å². The van der Waals surface area contributed by atoms with Crippen LogP contribution in [0.3, 0.4) is 0 Å². The molecule has 2 aromatic carbocycles. The van der Waals surface area contributed by atoms with Crippen molar-refractivity contribution in [2.75, 3.05) is 25.0 Å². The number of nitrogens with zero attached hydrogens (tertiary/aromatic N) is 2. The van der Waals surface area contributed by atoms with Crippen molar-refractivity contribution in [2.45, 2.75) is 45.8 Å². The minimum atomic E-state index is -0.579. The molecule has 4 rings (SSSR count). The Morgan fingerprint density at radius 3 is 2.54 bits per heavy atom. The van der Waals surface area contributed by atoms with Crippen LogP contribution < -0.4 is 5.32 Å². The molecule has 186 valence electrons. The molecular formula is C28H34ClN3O3. The molecule has 2 aliphatic heterocycles. The second-order valence-electron chi connectivity index (χ2n) is 9.87. The first-order valence-corrected chi connectivity index (χ1v) is 12.7. The van der Waals surface area contributed by atoms with Gasteiger partial charge in [-0.1, -0.05) is 62.4 Å². The lowest BCUT2D eigenvalue weighted by Gasteiger charge is -2.38. The number of nitrogens with one attached hydrogen (secondary N) is 1. The third kappa shape index (κ3) is 6.17. The van der Waals surface area contributed by atoms with Crippen LogP contribution in [-0.4, -0.2) is 47.5 Å². The molecule has 6 nitrogen and oxygen atoms in total. The largest absolute Gasteiger partial charge is 0.445 e. The molecule has 0 spiro atoms. The van der Waals surface area contributed by atoms with Gasteiger partial charge in [-0.05, 0) is 54.9 Å². The zero-order valence-corrected chi connectivity index (χ0v) is 21.3. The van der Waals surface area contributed by atoms with E-state index >= 15 is 0 Å². The van der Waals surface area contributed by atoms with E-state index in [1.165, 1.54) is 11.3 Å². The van der Waals surface area contributed by atoms with Gasteiger partial charge in [0.15, 0.2) is 0 Å². The van der Waals surface area contributed by atoms with Gasteiger partial charge in [0, 0.05) is 35.9 Å². The van der Waals surface area contributed by atoms with Crippen LogP contribution in [0.25, 0.3) is 5.70 Å². The molecule has 2 amide bonds. The molecule has 7 heteroatoms. The first kappa shape index (κ1) is 25.1. The molecule has 0 aliphatic carbocycles. The highest BCUT2D eigenvalue weighted by molar-refractivity contribution is 6.31. The van der Waals surface area contributed by atoms with Crippen molar-refractivity contribution < 1.29 is 14.3 Å². The monoisotopic (exact) mass is 495 g/mol. The Kier molecular flexibility index (Phi) is 8.01. The summed E-state index contributed by atoms with van der Waals surface area (Å²) in [4.78, 5) is 29.9. The number of halogens is 1. The number of benzene rings is 2. The van der Waals surface area contributed by atoms with Crippen molar-refractivity contribution in [2.24, 2.45) is 11.8 Å². The van der Waals surface area contributed by atoms with Gasteiger partial charge in [0.1, 0.15) is 12.6 Å². The Morgan fingerprint density at radius 2 is 1.83 bits per heavy atom. The molecule has 0 saturated carbocycles. The van der Waals surface area contributed by atoms with Crippen LogP contribution in [0.1, 0.15) is 44.2 Å². The van der Waals surface area contributed by atoms with E-state index in [4.69, 9.17) is 16.3 Å². The van der Waals surface area contributed by atoms with Crippen LogP contribution in [0.5, 0.6) is 0 Å². The van der Waals surface area contributed by atoms with Gasteiger partial charge in [0.25, 0.3) is 0 Å². The highest BCUT2D eigenvalue weighted by Gasteiger charge is 2.35. The summed E-state index contributed by atoms with van der Waals surface area (Å²) < 4.78 is 5.49. The summed E-state index contributed by atoms with van der Waals surface area (Å²) in [7, 11) is 0. The van der Waals surface area contributed by atoms with E-state index in [2.05, 4.69) is 30.6 Å². The number of hydrogen-bond donors (Lipinski definition) is 1. The van der Waals surface area contributed by atoms with Crippen molar-refractivity contribution >= 4 is 35.0 Å². The molecule has 2 aliphatic rings. The van der Waals surface area contributed by atoms with Gasteiger partial charge in [-0.25, -0.2) is 4.79 Å². The molecule has 1 N–H and O–H groups in total. The number of carbonyl (C=O) groups excluding carboxylic acids is 2. The quantitative estimate of drug-likeness (QED) is 0.531. The number of hydrogen-bond acceptors (Lipinski definition) is 4. The summed E-state index contributed by atoms with van der Waals surface area (Å²) >= 11 is 6.33. The van der Waals surface area contributed by atoms with Gasteiger partial charge in [-0.2, -0.15) is 0 Å². The van der Waals surface area contributed by atoms with Crippen LogP contribution in [0.4, 0.5) is 10.5 Å². The van der Waals surface area contributed by atoms with Crippen LogP contribution >= 0.6 is 11.6 Å². The maximum Gasteiger partial charge on any atom is 0.410 e. The minimum Gasteiger partial charge on any atom is -0.445 e. The van der Waals surface area contributed by atoms with Crippen molar-refractivity contribution in [1.29, 1.82) is 0 Å². The van der Waals surface area contributed by atoms with E-state index in [-0.39, 0.29) is 12.5 Å². The lowest BCUT2D eigenvalue weighted by molar-refractivity contribution is -0.120. The van der Waals surface area contributed by atoms with Crippen LogP contribution in [0, 0.1) is 11.8 Å². The first-order chi connectivity index (χ1) is 16.8. The first-order valence-electron chi connectivity index (χ1n) is 12.3. The molecule has 0 aromatic heterocycles. The fourth-order valence-electron chi connectivity index (χ4n) is 5.19. The molecule has 0 bridgehead atoms. The summed E-state index contributed by atoms with van der Waals surface area (Å²) in [5, 5.41) is 3.63. The van der Waals surface area contributed by atoms with E-state index in [1.54, 1.807) is 6.07 Å². The van der Waals surface area contributed by atoms with Gasteiger partial charge in [-0.3, -0.25) is 9.69 Å². The van der Waals surface area contributed by atoms with Crippen molar-refractivity contribution in [3.05, 3.63) is 71.3 Å². The molecule has 0 unspecified atom stereocenters. The standard InChI is InChI=1S/C28H34ClN3O3/c1-19-14-20(2)17-31(16-19)21(3)24-15-23(29)11-12-25(24)30-27(33)26-10-7-13-32(26)28(34)35-18-22-8-5-4-6-9-22/h4-6,8-9,11-12,15,19-20,26H,3,7,10,13-14,16-18H2,1-2H3,(H,30,33)/t19-,20+,26-/m0/s1.